The van der Waals surface area contributed by atoms with Crippen molar-refractivity contribution in [2.75, 3.05) is 16.4 Å². The van der Waals surface area contributed by atoms with Crippen LogP contribution in [0, 0.1) is 6.92 Å². The third-order valence-electron chi connectivity index (χ3n) is 3.90. The molecule has 2 amide bonds. The zero-order valence-electron chi connectivity index (χ0n) is 15.2. The molecule has 6 heteroatoms. The van der Waals surface area contributed by atoms with Crippen LogP contribution in [-0.4, -0.2) is 17.6 Å². The van der Waals surface area contributed by atoms with Crippen molar-refractivity contribution in [2.45, 2.75) is 11.8 Å². The van der Waals surface area contributed by atoms with E-state index in [4.69, 9.17) is 11.6 Å². The van der Waals surface area contributed by atoms with Crippen LogP contribution in [0.5, 0.6) is 0 Å². The second-order valence-electron chi connectivity index (χ2n) is 6.19. The molecule has 0 saturated carbocycles. The number of aryl methyl sites for hydroxylation is 1. The molecule has 3 rings (SSSR count). The SMILES string of the molecule is Cc1ccc(NC(=O)CSc2ccc(NC(=O)c3cccc(Cl)c3)cc2)cc1. The molecule has 0 atom stereocenters. The largest absolute Gasteiger partial charge is 0.325 e. The zero-order chi connectivity index (χ0) is 19.9. The first-order chi connectivity index (χ1) is 13.5. The van der Waals surface area contributed by atoms with Crippen molar-refractivity contribution in [3.05, 3.63) is 88.9 Å². The number of anilines is 2. The first-order valence-electron chi connectivity index (χ1n) is 8.66. The van der Waals surface area contributed by atoms with Crippen molar-refractivity contribution < 1.29 is 9.59 Å². The highest BCUT2D eigenvalue weighted by atomic mass is 35.5. The molecule has 0 aromatic heterocycles. The molecule has 28 heavy (non-hydrogen) atoms. The van der Waals surface area contributed by atoms with E-state index < -0.39 is 0 Å². The van der Waals surface area contributed by atoms with Gasteiger partial charge in [0.05, 0.1) is 5.75 Å². The number of nitrogens with one attached hydrogen (secondary N) is 2. The minimum absolute atomic E-state index is 0.0628. The molecule has 0 aliphatic rings. The fourth-order valence-electron chi connectivity index (χ4n) is 2.45. The van der Waals surface area contributed by atoms with Gasteiger partial charge in [-0.05, 0) is 61.5 Å². The molecule has 0 aliphatic carbocycles. The van der Waals surface area contributed by atoms with E-state index in [1.54, 1.807) is 24.3 Å². The first kappa shape index (κ1) is 20.0. The minimum Gasteiger partial charge on any atom is -0.325 e. The number of benzene rings is 3. The summed E-state index contributed by atoms with van der Waals surface area (Å²) in [5.74, 6) is 0.0230. The highest BCUT2D eigenvalue weighted by molar-refractivity contribution is 8.00. The number of halogens is 1. The second-order valence-corrected chi connectivity index (χ2v) is 7.68. The number of hydrogen-bond donors (Lipinski definition) is 2. The van der Waals surface area contributed by atoms with Crippen molar-refractivity contribution in [1.29, 1.82) is 0 Å². The molecular formula is C22H19ClN2O2S. The Balaban J connectivity index is 1.50. The molecule has 0 aliphatic heterocycles. The summed E-state index contributed by atoms with van der Waals surface area (Å²) in [6.07, 6.45) is 0. The lowest BCUT2D eigenvalue weighted by atomic mass is 10.2. The number of hydrogen-bond acceptors (Lipinski definition) is 3. The summed E-state index contributed by atoms with van der Waals surface area (Å²) < 4.78 is 0. The lowest BCUT2D eigenvalue weighted by Gasteiger charge is -2.08. The topological polar surface area (TPSA) is 58.2 Å². The van der Waals surface area contributed by atoms with Crippen LogP contribution < -0.4 is 10.6 Å². The van der Waals surface area contributed by atoms with E-state index in [2.05, 4.69) is 10.6 Å². The Hall–Kier alpha value is -2.76. The van der Waals surface area contributed by atoms with Gasteiger partial charge in [-0.1, -0.05) is 35.4 Å². The van der Waals surface area contributed by atoms with Gasteiger partial charge in [0.25, 0.3) is 5.91 Å². The second kappa shape index (κ2) is 9.44. The van der Waals surface area contributed by atoms with Crippen LogP contribution in [-0.2, 0) is 4.79 Å². The van der Waals surface area contributed by atoms with E-state index in [1.807, 2.05) is 55.5 Å². The van der Waals surface area contributed by atoms with E-state index in [1.165, 1.54) is 11.8 Å². The third kappa shape index (κ3) is 5.87. The van der Waals surface area contributed by atoms with Gasteiger partial charge in [-0.25, -0.2) is 0 Å². The van der Waals surface area contributed by atoms with Gasteiger partial charge in [0.15, 0.2) is 0 Å². The maximum absolute atomic E-state index is 12.2. The van der Waals surface area contributed by atoms with Crippen molar-refractivity contribution in [3.8, 4) is 0 Å². The maximum Gasteiger partial charge on any atom is 0.255 e. The van der Waals surface area contributed by atoms with E-state index in [9.17, 15) is 9.59 Å². The molecule has 0 unspecified atom stereocenters. The summed E-state index contributed by atoms with van der Waals surface area (Å²) in [7, 11) is 0. The average molecular weight is 411 g/mol. The van der Waals surface area contributed by atoms with Gasteiger partial charge in [0.1, 0.15) is 0 Å². The fraction of sp³-hybridized carbons (Fsp3) is 0.0909. The lowest BCUT2D eigenvalue weighted by Crippen LogP contribution is -2.14. The summed E-state index contributed by atoms with van der Waals surface area (Å²) in [6, 6.07) is 21.8. The molecule has 2 N–H and O–H groups in total. The van der Waals surface area contributed by atoms with Crippen LogP contribution in [0.1, 0.15) is 15.9 Å². The molecule has 0 saturated heterocycles. The van der Waals surface area contributed by atoms with Crippen molar-refractivity contribution >= 4 is 46.6 Å². The number of carbonyl (C=O) groups excluding carboxylic acids is 2. The minimum atomic E-state index is -0.222. The Bertz CT molecular complexity index is 973. The van der Waals surface area contributed by atoms with Crippen LogP contribution in [0.4, 0.5) is 11.4 Å². The van der Waals surface area contributed by atoms with Gasteiger partial charge in [-0.3, -0.25) is 9.59 Å². The van der Waals surface area contributed by atoms with Gasteiger partial charge in [-0.2, -0.15) is 0 Å². The standard InChI is InChI=1S/C22H19ClN2O2S/c1-15-5-7-18(8-6-15)24-21(26)14-28-20-11-9-19(10-12-20)25-22(27)16-3-2-4-17(23)13-16/h2-13H,14H2,1H3,(H,24,26)(H,25,27). The third-order valence-corrected chi connectivity index (χ3v) is 5.15. The molecular weight excluding hydrogens is 392 g/mol. The predicted octanol–water partition coefficient (Wildman–Crippen LogP) is 5.63. The molecule has 3 aromatic rings. The van der Waals surface area contributed by atoms with Crippen LogP contribution in [0.15, 0.2) is 77.7 Å². The number of rotatable bonds is 6. The van der Waals surface area contributed by atoms with Crippen LogP contribution in [0.2, 0.25) is 5.02 Å². The van der Waals surface area contributed by atoms with Gasteiger partial charge < -0.3 is 10.6 Å². The Morgan fingerprint density at radius 3 is 2.21 bits per heavy atom. The van der Waals surface area contributed by atoms with E-state index in [0.29, 0.717) is 22.0 Å². The Morgan fingerprint density at radius 2 is 1.54 bits per heavy atom. The lowest BCUT2D eigenvalue weighted by molar-refractivity contribution is -0.113. The molecule has 0 spiro atoms. The smallest absolute Gasteiger partial charge is 0.255 e. The van der Waals surface area contributed by atoms with E-state index in [-0.39, 0.29) is 11.8 Å². The quantitative estimate of drug-likeness (QED) is 0.517. The fourth-order valence-corrected chi connectivity index (χ4v) is 3.34. The summed E-state index contributed by atoms with van der Waals surface area (Å²) in [6.45, 7) is 2.00. The molecule has 3 aromatic carbocycles. The summed E-state index contributed by atoms with van der Waals surface area (Å²) in [4.78, 5) is 25.2. The van der Waals surface area contributed by atoms with Crippen LogP contribution in [0.3, 0.4) is 0 Å². The normalized spacial score (nSPS) is 10.4. The molecule has 142 valence electrons. The highest BCUT2D eigenvalue weighted by Crippen LogP contribution is 2.21. The van der Waals surface area contributed by atoms with Crippen molar-refractivity contribution in [1.82, 2.24) is 0 Å². The molecule has 0 bridgehead atoms. The molecule has 4 nitrogen and oxygen atoms in total. The zero-order valence-corrected chi connectivity index (χ0v) is 16.8. The van der Waals surface area contributed by atoms with E-state index >= 15 is 0 Å². The van der Waals surface area contributed by atoms with Crippen LogP contribution >= 0.6 is 23.4 Å². The van der Waals surface area contributed by atoms with Gasteiger partial charge in [-0.15, -0.1) is 11.8 Å². The predicted molar refractivity (Wildman–Crippen MR) is 116 cm³/mol. The van der Waals surface area contributed by atoms with Crippen molar-refractivity contribution in [2.24, 2.45) is 0 Å². The molecule has 0 heterocycles. The Kier molecular flexibility index (Phi) is 6.74. The summed E-state index contributed by atoms with van der Waals surface area (Å²) in [5, 5.41) is 6.22. The maximum atomic E-state index is 12.2. The van der Waals surface area contributed by atoms with Crippen molar-refractivity contribution in [3.63, 3.8) is 0 Å². The number of amides is 2. The Morgan fingerprint density at radius 1 is 0.893 bits per heavy atom. The number of carbonyl (C=O) groups is 2. The van der Waals surface area contributed by atoms with Gasteiger partial charge in [0.2, 0.25) is 5.91 Å². The monoisotopic (exact) mass is 410 g/mol. The van der Waals surface area contributed by atoms with Crippen LogP contribution in [0.25, 0.3) is 0 Å². The first-order valence-corrected chi connectivity index (χ1v) is 10.0. The van der Waals surface area contributed by atoms with Gasteiger partial charge in [0, 0.05) is 26.9 Å². The molecule has 0 fully saturated rings. The molecule has 0 radical (unpaired) electrons. The average Bonchev–Trinajstić information content (AvgIpc) is 2.69. The van der Waals surface area contributed by atoms with Gasteiger partial charge >= 0.3 is 0 Å². The number of thioether (sulfide) groups is 1. The Labute approximate surface area is 173 Å². The highest BCUT2D eigenvalue weighted by Gasteiger charge is 2.07. The summed E-state index contributed by atoms with van der Waals surface area (Å²) in [5.41, 5.74) is 3.11. The van der Waals surface area contributed by atoms with E-state index in [0.717, 1.165) is 16.1 Å². The summed E-state index contributed by atoms with van der Waals surface area (Å²) >= 11 is 7.35.